The van der Waals surface area contributed by atoms with Gasteiger partial charge in [-0.1, -0.05) is 17.8 Å². The van der Waals surface area contributed by atoms with Crippen LogP contribution in [-0.4, -0.2) is 69.6 Å². The van der Waals surface area contributed by atoms with E-state index in [0.29, 0.717) is 38.2 Å². The zero-order valence-electron chi connectivity index (χ0n) is 18.0. The molecule has 0 amide bonds. The maximum absolute atomic E-state index is 13.1. The molecule has 0 bridgehead atoms. The van der Waals surface area contributed by atoms with Crippen molar-refractivity contribution < 1.29 is 27.8 Å². The number of nitrogens with zero attached hydrogens (tertiary/aromatic N) is 1. The summed E-state index contributed by atoms with van der Waals surface area (Å²) in [6.07, 6.45) is 0.728. The van der Waals surface area contributed by atoms with E-state index in [1.165, 1.54) is 12.1 Å². The van der Waals surface area contributed by atoms with Crippen molar-refractivity contribution in [1.29, 1.82) is 0 Å². The highest BCUT2D eigenvalue weighted by molar-refractivity contribution is 7.91. The number of esters is 1. The summed E-state index contributed by atoms with van der Waals surface area (Å²) in [5.74, 6) is 10.7. The second-order valence-electron chi connectivity index (χ2n) is 7.23. The van der Waals surface area contributed by atoms with Gasteiger partial charge in [-0.15, -0.1) is 5.92 Å². The maximum Gasteiger partial charge on any atom is 0.313 e. The lowest BCUT2D eigenvalue weighted by atomic mass is 9.80. The monoisotopic (exact) mass is 447 g/mol. The van der Waals surface area contributed by atoms with E-state index in [4.69, 9.17) is 14.6 Å². The quantitative estimate of drug-likeness (QED) is 0.477. The van der Waals surface area contributed by atoms with Gasteiger partial charge in [0.05, 0.1) is 29.2 Å². The Labute approximate surface area is 184 Å². The summed E-state index contributed by atoms with van der Waals surface area (Å²) in [5.41, 5.74) is -1.10. The molecule has 1 heterocycles. The summed E-state index contributed by atoms with van der Waals surface area (Å²) < 4.78 is 37.0. The van der Waals surface area contributed by atoms with Crippen LogP contribution in [0.25, 0.3) is 0 Å². The maximum atomic E-state index is 13.1. The van der Waals surface area contributed by atoms with Gasteiger partial charge in [0.15, 0.2) is 9.84 Å². The predicted octanol–water partition coefficient (Wildman–Crippen LogP) is 1.50. The van der Waals surface area contributed by atoms with Crippen LogP contribution in [-0.2, 0) is 19.4 Å². The van der Waals surface area contributed by atoms with Crippen molar-refractivity contribution in [2.24, 2.45) is 5.41 Å². The molecule has 8 heteroatoms. The minimum Gasteiger partial charge on any atom is -0.481 e. The molecule has 1 N–H and O–H groups in total. The minimum absolute atomic E-state index is 0.140. The molecule has 0 spiro atoms. The number of piperidine rings is 1. The molecule has 7 nitrogen and oxygen atoms in total. The summed E-state index contributed by atoms with van der Waals surface area (Å²) in [6.45, 7) is 5.17. The number of hydrogen-bond acceptors (Lipinski definition) is 7. The van der Waals surface area contributed by atoms with Crippen LogP contribution >= 0.6 is 0 Å². The molecule has 31 heavy (non-hydrogen) atoms. The zero-order valence-corrected chi connectivity index (χ0v) is 18.8. The second-order valence-corrected chi connectivity index (χ2v) is 9.22. The fourth-order valence-electron chi connectivity index (χ4n) is 3.44. The summed E-state index contributed by atoms with van der Waals surface area (Å²) in [7, 11) is -3.73. The first-order valence-corrected chi connectivity index (χ1v) is 11.8. The summed E-state index contributed by atoms with van der Waals surface area (Å²) in [5, 5.41) is 8.78. The standard InChI is InChI=1S/C23H29NO6S/c1-3-5-18-30-20-8-10-21(11-9-20)31(27,28)19-23(22(26)29-4-2)12-15-24(16-13-23)14-6-7-17-25/h8-11,25H,4,12-19H2,1-2H3. The number of sulfone groups is 1. The second kappa shape index (κ2) is 11.8. The third kappa shape index (κ3) is 7.00. The van der Waals surface area contributed by atoms with Crippen molar-refractivity contribution >= 4 is 15.8 Å². The van der Waals surface area contributed by atoms with Crippen LogP contribution in [0.2, 0.25) is 0 Å². The third-order valence-electron chi connectivity index (χ3n) is 5.17. The molecule has 1 aliphatic rings. The molecule has 1 fully saturated rings. The molecule has 0 radical (unpaired) electrons. The van der Waals surface area contributed by atoms with Crippen molar-refractivity contribution in [2.75, 3.05) is 45.2 Å². The van der Waals surface area contributed by atoms with Crippen molar-refractivity contribution in [3.05, 3.63) is 24.3 Å². The van der Waals surface area contributed by atoms with Gasteiger partial charge in [-0.05, 0) is 51.0 Å². The Bertz CT molecular complexity index is 955. The lowest BCUT2D eigenvalue weighted by Gasteiger charge is -2.39. The van der Waals surface area contributed by atoms with E-state index in [1.54, 1.807) is 26.0 Å². The number of aliphatic hydroxyl groups is 1. The van der Waals surface area contributed by atoms with Gasteiger partial charge in [-0.25, -0.2) is 8.42 Å². The van der Waals surface area contributed by atoms with Crippen molar-refractivity contribution in [1.82, 2.24) is 4.90 Å². The van der Waals surface area contributed by atoms with Gasteiger partial charge < -0.3 is 14.6 Å². The lowest BCUT2D eigenvalue weighted by molar-refractivity contribution is -0.156. The van der Waals surface area contributed by atoms with Crippen LogP contribution < -0.4 is 4.74 Å². The van der Waals surface area contributed by atoms with Gasteiger partial charge in [0.25, 0.3) is 0 Å². The zero-order chi connectivity index (χ0) is 22.7. The summed E-state index contributed by atoms with van der Waals surface area (Å²) in [6, 6.07) is 6.15. The Morgan fingerprint density at radius 1 is 1.16 bits per heavy atom. The van der Waals surface area contributed by atoms with Crippen molar-refractivity contribution in [2.45, 2.75) is 31.6 Å². The van der Waals surface area contributed by atoms with E-state index in [0.717, 1.165) is 0 Å². The number of benzene rings is 1. The van der Waals surface area contributed by atoms with Gasteiger partial charge in [0, 0.05) is 13.1 Å². The first-order chi connectivity index (χ1) is 14.9. The summed E-state index contributed by atoms with van der Waals surface area (Å²) in [4.78, 5) is 15.0. The molecule has 2 rings (SSSR count). The highest BCUT2D eigenvalue weighted by atomic mass is 32.2. The Hall–Kier alpha value is -2.52. The van der Waals surface area contributed by atoms with Gasteiger partial charge in [-0.3, -0.25) is 9.69 Å². The Balaban J connectivity index is 2.16. The molecular weight excluding hydrogens is 418 g/mol. The fourth-order valence-corrected chi connectivity index (χ4v) is 5.29. The Morgan fingerprint density at radius 2 is 1.84 bits per heavy atom. The van der Waals surface area contributed by atoms with Crippen molar-refractivity contribution in [3.63, 3.8) is 0 Å². The van der Waals surface area contributed by atoms with E-state index in [2.05, 4.69) is 23.7 Å². The first kappa shape index (κ1) is 24.7. The van der Waals surface area contributed by atoms with Crippen LogP contribution in [0.1, 0.15) is 26.7 Å². The number of ether oxygens (including phenoxy) is 2. The van der Waals surface area contributed by atoms with E-state index in [9.17, 15) is 13.2 Å². The molecule has 168 valence electrons. The normalized spacial score (nSPS) is 15.7. The first-order valence-electron chi connectivity index (χ1n) is 10.2. The van der Waals surface area contributed by atoms with Crippen LogP contribution in [0.15, 0.2) is 29.2 Å². The van der Waals surface area contributed by atoms with E-state index in [-0.39, 0.29) is 30.5 Å². The number of carbonyl (C=O) groups excluding carboxylic acids is 1. The van der Waals surface area contributed by atoms with Gasteiger partial charge in [0.2, 0.25) is 0 Å². The average Bonchev–Trinajstić information content (AvgIpc) is 2.76. The van der Waals surface area contributed by atoms with Gasteiger partial charge >= 0.3 is 5.97 Å². The molecule has 0 aromatic heterocycles. The molecule has 1 saturated heterocycles. The topological polar surface area (TPSA) is 93.1 Å². The lowest BCUT2D eigenvalue weighted by Crippen LogP contribution is -2.48. The minimum atomic E-state index is -3.73. The van der Waals surface area contributed by atoms with Crippen LogP contribution in [0, 0.1) is 29.1 Å². The highest BCUT2D eigenvalue weighted by Gasteiger charge is 2.46. The predicted molar refractivity (Wildman–Crippen MR) is 117 cm³/mol. The van der Waals surface area contributed by atoms with Crippen molar-refractivity contribution in [3.8, 4) is 29.4 Å². The molecular formula is C23H29NO6S. The molecule has 0 aliphatic carbocycles. The Kier molecular flexibility index (Phi) is 9.39. The third-order valence-corrected chi connectivity index (χ3v) is 7.09. The van der Waals surface area contributed by atoms with E-state index >= 15 is 0 Å². The molecule has 1 aliphatic heterocycles. The largest absolute Gasteiger partial charge is 0.481 e. The molecule has 1 aromatic rings. The molecule has 1 aromatic carbocycles. The molecule has 0 saturated carbocycles. The van der Waals surface area contributed by atoms with Crippen LogP contribution in [0.5, 0.6) is 5.75 Å². The van der Waals surface area contributed by atoms with Gasteiger partial charge in [0.1, 0.15) is 19.0 Å². The fraction of sp³-hybridized carbons (Fsp3) is 0.522. The highest BCUT2D eigenvalue weighted by Crippen LogP contribution is 2.36. The average molecular weight is 448 g/mol. The van der Waals surface area contributed by atoms with Gasteiger partial charge in [-0.2, -0.15) is 0 Å². The summed E-state index contributed by atoms with van der Waals surface area (Å²) >= 11 is 0. The molecule has 0 atom stereocenters. The smallest absolute Gasteiger partial charge is 0.313 e. The number of aliphatic hydroxyl groups excluding tert-OH is 1. The molecule has 0 unspecified atom stereocenters. The number of rotatable bonds is 8. The van der Waals surface area contributed by atoms with E-state index < -0.39 is 21.2 Å². The number of hydrogen-bond donors (Lipinski definition) is 1. The SMILES string of the molecule is CC#CCOc1ccc(S(=O)(=O)CC2(C(=O)OCC)CCN(CC#CCO)CC2)cc1. The van der Waals surface area contributed by atoms with Crippen LogP contribution in [0.3, 0.4) is 0 Å². The number of carbonyl (C=O) groups is 1. The van der Waals surface area contributed by atoms with E-state index in [1.807, 2.05) is 4.90 Å². The Morgan fingerprint density at radius 3 is 2.42 bits per heavy atom. The van der Waals surface area contributed by atoms with Crippen LogP contribution in [0.4, 0.5) is 0 Å². The number of likely N-dealkylation sites (tertiary alicyclic amines) is 1.